The average Bonchev–Trinajstić information content (AvgIpc) is 2.91. The van der Waals surface area contributed by atoms with Crippen molar-refractivity contribution in [2.24, 2.45) is 17.3 Å². The van der Waals surface area contributed by atoms with Gasteiger partial charge in [0, 0.05) is 4.90 Å². The molecule has 0 radical (unpaired) electrons. The first-order valence-corrected chi connectivity index (χ1v) is 6.86. The van der Waals surface area contributed by atoms with Crippen molar-refractivity contribution in [1.82, 2.24) is 0 Å². The zero-order chi connectivity index (χ0) is 14.0. The minimum absolute atomic E-state index is 0.0594. The number of carboxylic acids is 1. The lowest BCUT2D eigenvalue weighted by Crippen LogP contribution is -2.03. The predicted molar refractivity (Wildman–Crippen MR) is 74.4 cm³/mol. The van der Waals surface area contributed by atoms with E-state index in [0.717, 1.165) is 4.90 Å². The molecule has 2 atom stereocenters. The zero-order valence-corrected chi connectivity index (χ0v) is 11.6. The van der Waals surface area contributed by atoms with Gasteiger partial charge in [-0.3, -0.25) is 4.79 Å². The summed E-state index contributed by atoms with van der Waals surface area (Å²) in [6.07, 6.45) is 1.80. The quantitative estimate of drug-likeness (QED) is 0.673. The summed E-state index contributed by atoms with van der Waals surface area (Å²) in [5, 5.41) is 18.3. The second-order valence-electron chi connectivity index (χ2n) is 5.22. The molecule has 1 aliphatic rings. The molecule has 0 aliphatic heterocycles. The third-order valence-electron chi connectivity index (χ3n) is 3.59. The van der Waals surface area contributed by atoms with Gasteiger partial charge < -0.3 is 5.11 Å². The molecular formula is C15H15NO2S. The summed E-state index contributed by atoms with van der Waals surface area (Å²) < 4.78 is 0. The number of hydrogen-bond donors (Lipinski definition) is 1. The highest BCUT2D eigenvalue weighted by atomic mass is 32.2. The van der Waals surface area contributed by atoms with Crippen LogP contribution < -0.4 is 0 Å². The number of carbonyl (C=O) groups is 1. The molecule has 0 unspecified atom stereocenters. The molecule has 19 heavy (non-hydrogen) atoms. The van der Waals surface area contributed by atoms with Crippen LogP contribution in [0.1, 0.15) is 13.8 Å². The van der Waals surface area contributed by atoms with Gasteiger partial charge in [0.15, 0.2) is 0 Å². The van der Waals surface area contributed by atoms with Gasteiger partial charge in [0.05, 0.1) is 10.8 Å². The lowest BCUT2D eigenvalue weighted by Gasteiger charge is -2.00. The molecule has 0 aromatic heterocycles. The van der Waals surface area contributed by atoms with Gasteiger partial charge in [-0.05, 0) is 23.5 Å². The third-order valence-corrected chi connectivity index (χ3v) is 4.54. The number of nitrogens with zero attached hydrogens (tertiary/aromatic N) is 1. The van der Waals surface area contributed by atoms with Gasteiger partial charge >= 0.3 is 5.97 Å². The van der Waals surface area contributed by atoms with Gasteiger partial charge in [-0.25, -0.2) is 0 Å². The highest BCUT2D eigenvalue weighted by molar-refractivity contribution is 8.03. The normalized spacial score (nSPS) is 24.6. The van der Waals surface area contributed by atoms with E-state index in [-0.39, 0.29) is 17.3 Å². The van der Waals surface area contributed by atoms with E-state index in [2.05, 4.69) is 6.07 Å². The molecule has 1 N–H and O–H groups in total. The number of allylic oxidation sites excluding steroid dienone is 2. The van der Waals surface area contributed by atoms with E-state index < -0.39 is 5.97 Å². The van der Waals surface area contributed by atoms with Gasteiger partial charge in [0.2, 0.25) is 0 Å². The van der Waals surface area contributed by atoms with Crippen LogP contribution in [0.5, 0.6) is 0 Å². The fraction of sp³-hybridized carbons (Fsp3) is 0.333. The van der Waals surface area contributed by atoms with Crippen molar-refractivity contribution < 1.29 is 9.90 Å². The SMILES string of the molecule is CC1(C)[C@H](C=C(C#N)Sc2ccccc2)[C@H]1C(=O)O. The summed E-state index contributed by atoms with van der Waals surface area (Å²) in [5.74, 6) is -1.23. The summed E-state index contributed by atoms with van der Waals surface area (Å²) in [6, 6.07) is 11.8. The minimum atomic E-state index is -0.784. The van der Waals surface area contributed by atoms with Crippen LogP contribution >= 0.6 is 11.8 Å². The van der Waals surface area contributed by atoms with Crippen LogP contribution in [0.25, 0.3) is 0 Å². The Kier molecular flexibility index (Phi) is 3.68. The topological polar surface area (TPSA) is 61.1 Å². The maximum Gasteiger partial charge on any atom is 0.307 e. The molecule has 1 saturated carbocycles. The van der Waals surface area contributed by atoms with E-state index in [1.165, 1.54) is 11.8 Å². The number of thioether (sulfide) groups is 1. The molecule has 1 aromatic rings. The molecule has 2 rings (SSSR count). The molecule has 3 nitrogen and oxygen atoms in total. The lowest BCUT2D eigenvalue weighted by atomic mass is 10.1. The third kappa shape index (κ3) is 2.82. The Morgan fingerprint density at radius 1 is 1.42 bits per heavy atom. The second-order valence-corrected chi connectivity index (χ2v) is 6.34. The maximum absolute atomic E-state index is 11.1. The van der Waals surface area contributed by atoms with E-state index in [4.69, 9.17) is 5.11 Å². The Labute approximate surface area is 116 Å². The highest BCUT2D eigenvalue weighted by Crippen LogP contribution is 2.59. The van der Waals surface area contributed by atoms with E-state index >= 15 is 0 Å². The van der Waals surface area contributed by atoms with Crippen molar-refractivity contribution in [3.05, 3.63) is 41.3 Å². The monoisotopic (exact) mass is 273 g/mol. The fourth-order valence-electron chi connectivity index (χ4n) is 2.33. The van der Waals surface area contributed by atoms with Gasteiger partial charge in [-0.15, -0.1) is 0 Å². The van der Waals surface area contributed by atoms with Gasteiger partial charge in [0.1, 0.15) is 6.07 Å². The molecule has 1 aromatic carbocycles. The Hall–Kier alpha value is -1.73. The number of nitriles is 1. The Bertz CT molecular complexity index is 557. The largest absolute Gasteiger partial charge is 0.481 e. The summed E-state index contributed by atoms with van der Waals surface area (Å²) in [4.78, 5) is 12.6. The van der Waals surface area contributed by atoms with Crippen molar-refractivity contribution >= 4 is 17.7 Å². The lowest BCUT2D eigenvalue weighted by molar-refractivity contribution is -0.139. The number of carboxylic acid groups (broad SMARTS) is 1. The van der Waals surface area contributed by atoms with Crippen molar-refractivity contribution in [3.63, 3.8) is 0 Å². The summed E-state index contributed by atoms with van der Waals surface area (Å²) in [5.41, 5.74) is -0.259. The van der Waals surface area contributed by atoms with E-state index in [0.29, 0.717) is 4.91 Å². The molecular weight excluding hydrogens is 258 g/mol. The van der Waals surface area contributed by atoms with Crippen LogP contribution in [0.15, 0.2) is 46.2 Å². The molecule has 0 saturated heterocycles. The van der Waals surface area contributed by atoms with Crippen LogP contribution in [-0.4, -0.2) is 11.1 Å². The van der Waals surface area contributed by atoms with Crippen LogP contribution in [0.2, 0.25) is 0 Å². The average molecular weight is 273 g/mol. The molecule has 4 heteroatoms. The second kappa shape index (κ2) is 5.10. The fourth-order valence-corrected chi connectivity index (χ4v) is 3.14. The van der Waals surface area contributed by atoms with Crippen LogP contribution in [-0.2, 0) is 4.79 Å². The number of aliphatic carboxylic acids is 1. The number of rotatable bonds is 4. The highest BCUT2D eigenvalue weighted by Gasteiger charge is 2.61. The molecule has 1 aliphatic carbocycles. The van der Waals surface area contributed by atoms with Crippen molar-refractivity contribution in [2.45, 2.75) is 18.7 Å². The van der Waals surface area contributed by atoms with Crippen molar-refractivity contribution in [1.29, 1.82) is 5.26 Å². The smallest absolute Gasteiger partial charge is 0.307 e. The first kappa shape index (κ1) is 13.7. The van der Waals surface area contributed by atoms with Crippen LogP contribution in [0.3, 0.4) is 0 Å². The van der Waals surface area contributed by atoms with E-state index in [1.54, 1.807) is 6.08 Å². The van der Waals surface area contributed by atoms with Gasteiger partial charge in [0.25, 0.3) is 0 Å². The van der Waals surface area contributed by atoms with Crippen LogP contribution in [0.4, 0.5) is 0 Å². The summed E-state index contributed by atoms with van der Waals surface area (Å²) >= 11 is 1.38. The van der Waals surface area contributed by atoms with Gasteiger partial charge in [-0.2, -0.15) is 5.26 Å². The minimum Gasteiger partial charge on any atom is -0.481 e. The van der Waals surface area contributed by atoms with Gasteiger partial charge in [-0.1, -0.05) is 49.9 Å². The first-order chi connectivity index (χ1) is 8.96. The molecule has 0 spiro atoms. The van der Waals surface area contributed by atoms with E-state index in [1.807, 2.05) is 44.2 Å². The van der Waals surface area contributed by atoms with Crippen LogP contribution in [0, 0.1) is 28.6 Å². The molecule has 1 fully saturated rings. The van der Waals surface area contributed by atoms with Crippen molar-refractivity contribution in [2.75, 3.05) is 0 Å². The molecule has 0 heterocycles. The molecule has 98 valence electrons. The Morgan fingerprint density at radius 3 is 2.53 bits per heavy atom. The summed E-state index contributed by atoms with van der Waals surface area (Å²) in [6.45, 7) is 3.85. The van der Waals surface area contributed by atoms with Crippen molar-refractivity contribution in [3.8, 4) is 6.07 Å². The Balaban J connectivity index is 2.14. The molecule has 0 amide bonds. The maximum atomic E-state index is 11.1. The Morgan fingerprint density at radius 2 is 2.05 bits per heavy atom. The standard InChI is InChI=1S/C15H15NO2S/c1-15(2)12(13(15)14(17)18)8-11(9-16)19-10-6-4-3-5-7-10/h3-8,12-13H,1-2H3,(H,17,18)/t12-,13+/m1/s1. The number of hydrogen-bond acceptors (Lipinski definition) is 3. The predicted octanol–water partition coefficient (Wildman–Crippen LogP) is 3.54. The van der Waals surface area contributed by atoms with E-state index in [9.17, 15) is 10.1 Å². The first-order valence-electron chi connectivity index (χ1n) is 6.04. The summed E-state index contributed by atoms with van der Waals surface area (Å²) in [7, 11) is 0. The molecule has 0 bridgehead atoms. The zero-order valence-electron chi connectivity index (χ0n) is 10.8. The number of benzene rings is 1.